The van der Waals surface area contributed by atoms with Gasteiger partial charge in [-0.15, -0.1) is 0 Å². The lowest BCUT2D eigenvalue weighted by atomic mass is 10.2. The van der Waals surface area contributed by atoms with Crippen molar-refractivity contribution in [3.63, 3.8) is 0 Å². The maximum atomic E-state index is 5.58. The van der Waals surface area contributed by atoms with Gasteiger partial charge in [-0.1, -0.05) is 18.2 Å². The molecule has 4 heteroatoms. The summed E-state index contributed by atoms with van der Waals surface area (Å²) >= 11 is 0. The number of rotatable bonds is 4. The van der Waals surface area contributed by atoms with Crippen LogP contribution in [-0.2, 0) is 6.54 Å². The Morgan fingerprint density at radius 1 is 1.35 bits per heavy atom. The molecular weight excluding hydrogens is 252 g/mol. The fourth-order valence-electron chi connectivity index (χ4n) is 2.33. The van der Waals surface area contributed by atoms with Crippen LogP contribution in [0, 0.1) is 0 Å². The first-order valence-corrected chi connectivity index (χ1v) is 6.81. The molecule has 104 valence electrons. The van der Waals surface area contributed by atoms with E-state index in [9.17, 15) is 0 Å². The van der Waals surface area contributed by atoms with Gasteiger partial charge in [0.25, 0.3) is 0 Å². The molecule has 1 aliphatic rings. The summed E-state index contributed by atoms with van der Waals surface area (Å²) in [6, 6.07) is 7.75. The van der Waals surface area contributed by atoms with Crippen molar-refractivity contribution in [2.75, 3.05) is 20.2 Å². The van der Waals surface area contributed by atoms with E-state index < -0.39 is 0 Å². The van der Waals surface area contributed by atoms with Crippen LogP contribution < -0.4 is 4.74 Å². The Bertz CT molecular complexity index is 604. The van der Waals surface area contributed by atoms with Crippen molar-refractivity contribution in [1.29, 1.82) is 0 Å². The molecule has 0 atom stereocenters. The Labute approximate surface area is 118 Å². The van der Waals surface area contributed by atoms with Gasteiger partial charge in [-0.3, -0.25) is 4.90 Å². The molecule has 0 fully saturated rings. The Balaban J connectivity index is 1.74. The molecule has 0 N–H and O–H groups in total. The summed E-state index contributed by atoms with van der Waals surface area (Å²) in [7, 11) is 1.66. The maximum absolute atomic E-state index is 5.58. The van der Waals surface area contributed by atoms with Gasteiger partial charge in [0, 0.05) is 25.2 Å². The van der Waals surface area contributed by atoms with Gasteiger partial charge in [0.2, 0.25) is 5.89 Å². The minimum atomic E-state index is 0.645. The standard InChI is InChI=1S/C16H18N2O2/c1-19-15-7-5-6-13(10-15)16-17-14(12-20-16)11-18-8-3-2-4-9-18/h2-3,5-7,10,12H,4,8-9,11H2,1H3. The third-order valence-electron chi connectivity index (χ3n) is 3.40. The van der Waals surface area contributed by atoms with Crippen molar-refractivity contribution in [2.45, 2.75) is 13.0 Å². The summed E-state index contributed by atoms with van der Waals surface area (Å²) in [6.45, 7) is 2.90. The van der Waals surface area contributed by atoms with Crippen molar-refractivity contribution in [3.05, 3.63) is 48.4 Å². The molecule has 1 aliphatic heterocycles. The van der Waals surface area contributed by atoms with Crippen LogP contribution in [0.1, 0.15) is 12.1 Å². The van der Waals surface area contributed by atoms with Crippen LogP contribution in [0.15, 0.2) is 47.1 Å². The van der Waals surface area contributed by atoms with Crippen molar-refractivity contribution < 1.29 is 9.15 Å². The first-order valence-electron chi connectivity index (χ1n) is 6.81. The normalized spacial score (nSPS) is 15.4. The second-order valence-corrected chi connectivity index (χ2v) is 4.87. The predicted molar refractivity (Wildman–Crippen MR) is 77.5 cm³/mol. The Morgan fingerprint density at radius 3 is 3.10 bits per heavy atom. The molecule has 0 saturated heterocycles. The average molecular weight is 270 g/mol. The molecule has 0 aliphatic carbocycles. The van der Waals surface area contributed by atoms with Crippen LogP contribution in [0.4, 0.5) is 0 Å². The third kappa shape index (κ3) is 2.91. The molecule has 4 nitrogen and oxygen atoms in total. The molecule has 0 bridgehead atoms. The van der Waals surface area contributed by atoms with Gasteiger partial charge in [-0.25, -0.2) is 4.98 Å². The van der Waals surface area contributed by atoms with Crippen molar-refractivity contribution >= 4 is 0 Å². The number of aromatic nitrogens is 1. The highest BCUT2D eigenvalue weighted by atomic mass is 16.5. The molecule has 0 amide bonds. The molecule has 0 unspecified atom stereocenters. The average Bonchev–Trinajstić information content (AvgIpc) is 2.97. The van der Waals surface area contributed by atoms with Gasteiger partial charge in [0.15, 0.2) is 0 Å². The van der Waals surface area contributed by atoms with E-state index in [1.54, 1.807) is 13.4 Å². The second-order valence-electron chi connectivity index (χ2n) is 4.87. The highest BCUT2D eigenvalue weighted by molar-refractivity contribution is 5.55. The van der Waals surface area contributed by atoms with E-state index in [1.807, 2.05) is 24.3 Å². The predicted octanol–water partition coefficient (Wildman–Crippen LogP) is 3.11. The first kappa shape index (κ1) is 12.9. The fraction of sp³-hybridized carbons (Fsp3) is 0.312. The minimum absolute atomic E-state index is 0.645. The first-order chi connectivity index (χ1) is 9.85. The van der Waals surface area contributed by atoms with Gasteiger partial charge >= 0.3 is 0 Å². The van der Waals surface area contributed by atoms with Crippen LogP contribution in [0.2, 0.25) is 0 Å². The van der Waals surface area contributed by atoms with E-state index >= 15 is 0 Å². The Kier molecular flexibility index (Phi) is 3.83. The van der Waals surface area contributed by atoms with Crippen LogP contribution in [0.3, 0.4) is 0 Å². The second kappa shape index (κ2) is 5.92. The lowest BCUT2D eigenvalue weighted by molar-refractivity contribution is 0.287. The molecule has 0 radical (unpaired) electrons. The van der Waals surface area contributed by atoms with E-state index in [0.717, 1.165) is 43.1 Å². The highest BCUT2D eigenvalue weighted by Crippen LogP contribution is 2.23. The van der Waals surface area contributed by atoms with Crippen molar-refractivity contribution in [3.8, 4) is 17.2 Å². The molecule has 1 aromatic heterocycles. The number of hydrogen-bond acceptors (Lipinski definition) is 4. The lowest BCUT2D eigenvalue weighted by Crippen LogP contribution is -2.26. The topological polar surface area (TPSA) is 38.5 Å². The van der Waals surface area contributed by atoms with Gasteiger partial charge in [-0.05, 0) is 24.6 Å². The fourth-order valence-corrected chi connectivity index (χ4v) is 2.33. The van der Waals surface area contributed by atoms with E-state index in [2.05, 4.69) is 22.0 Å². The molecule has 0 spiro atoms. The van der Waals surface area contributed by atoms with Crippen LogP contribution >= 0.6 is 0 Å². The molecular formula is C16H18N2O2. The maximum Gasteiger partial charge on any atom is 0.226 e. The Morgan fingerprint density at radius 2 is 2.30 bits per heavy atom. The van der Waals surface area contributed by atoms with Crippen LogP contribution in [0.5, 0.6) is 5.75 Å². The summed E-state index contributed by atoms with van der Waals surface area (Å²) in [5.41, 5.74) is 1.91. The number of methoxy groups -OCH3 is 1. The van der Waals surface area contributed by atoms with Crippen LogP contribution in [-0.4, -0.2) is 30.1 Å². The lowest BCUT2D eigenvalue weighted by Gasteiger charge is -2.21. The Hall–Kier alpha value is -2.07. The minimum Gasteiger partial charge on any atom is -0.497 e. The highest BCUT2D eigenvalue weighted by Gasteiger charge is 2.12. The van der Waals surface area contributed by atoms with Gasteiger partial charge in [0.05, 0.1) is 12.8 Å². The summed E-state index contributed by atoms with van der Waals surface area (Å²) < 4.78 is 10.8. The smallest absolute Gasteiger partial charge is 0.226 e. The number of oxazole rings is 1. The summed E-state index contributed by atoms with van der Waals surface area (Å²) in [4.78, 5) is 6.92. The summed E-state index contributed by atoms with van der Waals surface area (Å²) in [5.74, 6) is 1.45. The molecule has 20 heavy (non-hydrogen) atoms. The van der Waals surface area contributed by atoms with Gasteiger partial charge < -0.3 is 9.15 Å². The molecule has 3 rings (SSSR count). The summed E-state index contributed by atoms with van der Waals surface area (Å²) in [5, 5.41) is 0. The van der Waals surface area contributed by atoms with E-state index in [-0.39, 0.29) is 0 Å². The number of benzene rings is 1. The van der Waals surface area contributed by atoms with Crippen LogP contribution in [0.25, 0.3) is 11.5 Å². The van der Waals surface area contributed by atoms with E-state index in [1.165, 1.54) is 0 Å². The monoisotopic (exact) mass is 270 g/mol. The number of ether oxygens (including phenoxy) is 1. The van der Waals surface area contributed by atoms with E-state index in [0.29, 0.717) is 5.89 Å². The number of hydrogen-bond donors (Lipinski definition) is 0. The SMILES string of the molecule is COc1cccc(-c2nc(CN3CC=CCC3)co2)c1. The molecule has 0 saturated carbocycles. The van der Waals surface area contributed by atoms with Crippen molar-refractivity contribution in [1.82, 2.24) is 9.88 Å². The largest absolute Gasteiger partial charge is 0.497 e. The quantitative estimate of drug-likeness (QED) is 0.800. The zero-order chi connectivity index (χ0) is 13.8. The molecule has 2 aromatic rings. The van der Waals surface area contributed by atoms with Crippen molar-refractivity contribution in [2.24, 2.45) is 0 Å². The molecule has 2 heterocycles. The van der Waals surface area contributed by atoms with E-state index in [4.69, 9.17) is 9.15 Å². The third-order valence-corrected chi connectivity index (χ3v) is 3.40. The zero-order valence-electron chi connectivity index (χ0n) is 11.6. The number of nitrogens with zero attached hydrogens (tertiary/aromatic N) is 2. The molecule has 1 aromatic carbocycles. The zero-order valence-corrected chi connectivity index (χ0v) is 11.6. The summed E-state index contributed by atoms with van der Waals surface area (Å²) in [6.07, 6.45) is 7.28. The van der Waals surface area contributed by atoms with Gasteiger partial charge in [0.1, 0.15) is 12.0 Å². The van der Waals surface area contributed by atoms with Gasteiger partial charge in [-0.2, -0.15) is 0 Å².